The standard InChI is InChI=1S/C32H33Cl2F3N2O3/c1-31(2,3)15-25-32(4,21-12-10-18(33)14-24(21)36)26(20-7-6-8-22(34)27(20)37)28(39-25)29(40)38-16-17-9-11-19(23(35)13-17)30(41)42-5/h6-14,25-26,28,39H,15-16H2,1-5H3,(H,38,40). The summed E-state index contributed by atoms with van der Waals surface area (Å²) in [6.07, 6.45) is 0.522. The smallest absolute Gasteiger partial charge is 0.340 e. The van der Waals surface area contributed by atoms with E-state index >= 15 is 8.78 Å². The maximum Gasteiger partial charge on any atom is 0.340 e. The molecule has 0 spiro atoms. The quantitative estimate of drug-likeness (QED) is 0.271. The second-order valence-corrected chi connectivity index (χ2v) is 12.9. The van der Waals surface area contributed by atoms with Crippen molar-refractivity contribution in [3.8, 4) is 0 Å². The minimum Gasteiger partial charge on any atom is -0.465 e. The maximum absolute atomic E-state index is 15.7. The van der Waals surface area contributed by atoms with Crippen molar-refractivity contribution in [1.29, 1.82) is 0 Å². The summed E-state index contributed by atoms with van der Waals surface area (Å²) in [6.45, 7) is 7.84. The molecule has 0 saturated carbocycles. The van der Waals surface area contributed by atoms with Crippen LogP contribution in [-0.4, -0.2) is 31.1 Å². The summed E-state index contributed by atoms with van der Waals surface area (Å²) >= 11 is 12.3. The second-order valence-electron chi connectivity index (χ2n) is 12.0. The Morgan fingerprint density at radius 3 is 2.36 bits per heavy atom. The molecule has 0 radical (unpaired) electrons. The fourth-order valence-corrected chi connectivity index (χ4v) is 6.29. The third-order valence-corrected chi connectivity index (χ3v) is 8.44. The minimum absolute atomic E-state index is 0.0733. The van der Waals surface area contributed by atoms with Gasteiger partial charge in [0.1, 0.15) is 17.5 Å². The van der Waals surface area contributed by atoms with E-state index in [1.165, 1.54) is 24.3 Å². The summed E-state index contributed by atoms with van der Waals surface area (Å²) in [5.74, 6) is -4.25. The number of carbonyl (C=O) groups excluding carboxylic acids is 2. The molecule has 0 bridgehead atoms. The molecule has 10 heteroatoms. The molecule has 42 heavy (non-hydrogen) atoms. The summed E-state index contributed by atoms with van der Waals surface area (Å²) < 4.78 is 50.5. The summed E-state index contributed by atoms with van der Waals surface area (Å²) in [7, 11) is 1.15. The van der Waals surface area contributed by atoms with Crippen LogP contribution in [0.2, 0.25) is 10.0 Å². The van der Waals surface area contributed by atoms with Gasteiger partial charge in [-0.05, 0) is 58.9 Å². The van der Waals surface area contributed by atoms with Gasteiger partial charge < -0.3 is 15.4 Å². The van der Waals surface area contributed by atoms with Crippen molar-refractivity contribution < 1.29 is 27.5 Å². The van der Waals surface area contributed by atoms with Gasteiger partial charge in [0.05, 0.1) is 23.7 Å². The number of ether oxygens (including phenoxy) is 1. The average molecular weight is 622 g/mol. The SMILES string of the molecule is COC(=O)c1ccc(CNC(=O)C2NC(CC(C)(C)C)C(C)(c3ccc(Cl)cc3F)C2c2cccc(Cl)c2F)cc1F. The Labute approximate surface area is 253 Å². The van der Waals surface area contributed by atoms with Gasteiger partial charge in [-0.15, -0.1) is 0 Å². The Kier molecular flexibility index (Phi) is 9.31. The third-order valence-electron chi connectivity index (χ3n) is 7.92. The number of halogens is 5. The third kappa shape index (κ3) is 6.31. The van der Waals surface area contributed by atoms with Crippen LogP contribution in [-0.2, 0) is 21.5 Å². The van der Waals surface area contributed by atoms with E-state index < -0.39 is 52.7 Å². The van der Waals surface area contributed by atoms with E-state index in [1.807, 2.05) is 27.7 Å². The summed E-state index contributed by atoms with van der Waals surface area (Å²) in [5.41, 5.74) is -0.750. The van der Waals surface area contributed by atoms with Crippen LogP contribution in [0.3, 0.4) is 0 Å². The van der Waals surface area contributed by atoms with Crippen LogP contribution >= 0.6 is 23.2 Å². The van der Waals surface area contributed by atoms with Gasteiger partial charge in [0.15, 0.2) is 0 Å². The van der Waals surface area contributed by atoms with Crippen LogP contribution in [0.25, 0.3) is 0 Å². The molecule has 0 aromatic heterocycles. The molecule has 1 amide bonds. The number of hydrogen-bond acceptors (Lipinski definition) is 4. The lowest BCUT2D eigenvalue weighted by atomic mass is 9.63. The Bertz CT molecular complexity index is 1510. The average Bonchev–Trinajstić information content (AvgIpc) is 3.19. The minimum atomic E-state index is -1.12. The zero-order chi connectivity index (χ0) is 31.0. The molecule has 3 aromatic carbocycles. The molecule has 1 heterocycles. The Morgan fingerprint density at radius 1 is 1.02 bits per heavy atom. The molecule has 1 saturated heterocycles. The number of hydrogen-bond donors (Lipinski definition) is 2. The summed E-state index contributed by atoms with van der Waals surface area (Å²) in [4.78, 5) is 25.6. The van der Waals surface area contributed by atoms with Crippen LogP contribution in [0.5, 0.6) is 0 Å². The largest absolute Gasteiger partial charge is 0.465 e. The number of methoxy groups -OCH3 is 1. The highest BCUT2D eigenvalue weighted by atomic mass is 35.5. The number of nitrogens with one attached hydrogen (secondary N) is 2. The van der Waals surface area contributed by atoms with Crippen LogP contribution < -0.4 is 10.6 Å². The molecule has 5 nitrogen and oxygen atoms in total. The molecule has 4 rings (SSSR count). The molecule has 2 N–H and O–H groups in total. The van der Waals surface area contributed by atoms with Gasteiger partial charge in [-0.3, -0.25) is 4.79 Å². The van der Waals surface area contributed by atoms with E-state index in [0.717, 1.165) is 13.2 Å². The highest BCUT2D eigenvalue weighted by Crippen LogP contribution is 2.52. The predicted molar refractivity (Wildman–Crippen MR) is 157 cm³/mol. The summed E-state index contributed by atoms with van der Waals surface area (Å²) in [5, 5.41) is 6.29. The van der Waals surface area contributed by atoms with Gasteiger partial charge in [-0.1, -0.05) is 75.2 Å². The molecular formula is C32H33Cl2F3N2O3. The van der Waals surface area contributed by atoms with Gasteiger partial charge in [-0.2, -0.15) is 0 Å². The van der Waals surface area contributed by atoms with Gasteiger partial charge in [0, 0.05) is 28.9 Å². The van der Waals surface area contributed by atoms with Crippen LogP contribution in [0.4, 0.5) is 13.2 Å². The normalized spacial score (nSPS) is 22.2. The van der Waals surface area contributed by atoms with Crippen molar-refractivity contribution >= 4 is 35.1 Å². The first-order chi connectivity index (χ1) is 19.7. The molecule has 4 unspecified atom stereocenters. The first-order valence-corrected chi connectivity index (χ1v) is 14.2. The van der Waals surface area contributed by atoms with E-state index in [4.69, 9.17) is 23.2 Å². The van der Waals surface area contributed by atoms with Crippen molar-refractivity contribution in [2.75, 3.05) is 7.11 Å². The number of carbonyl (C=O) groups is 2. The Balaban J connectivity index is 1.78. The van der Waals surface area contributed by atoms with Crippen molar-refractivity contribution in [2.24, 2.45) is 5.41 Å². The van der Waals surface area contributed by atoms with Crippen molar-refractivity contribution in [3.05, 3.63) is 104 Å². The topological polar surface area (TPSA) is 67.4 Å². The number of benzene rings is 3. The molecule has 4 atom stereocenters. The van der Waals surface area contributed by atoms with Crippen molar-refractivity contribution in [1.82, 2.24) is 10.6 Å². The van der Waals surface area contributed by atoms with Crippen LogP contribution in [0.15, 0.2) is 54.6 Å². The lowest BCUT2D eigenvalue weighted by molar-refractivity contribution is -0.123. The molecule has 1 aliphatic rings. The zero-order valence-corrected chi connectivity index (χ0v) is 25.5. The summed E-state index contributed by atoms with van der Waals surface area (Å²) in [6, 6.07) is 11.4. The number of rotatable bonds is 7. The van der Waals surface area contributed by atoms with E-state index in [-0.39, 0.29) is 38.7 Å². The lowest BCUT2D eigenvalue weighted by Gasteiger charge is -2.40. The fraction of sp³-hybridized carbons (Fsp3) is 0.375. The number of amides is 1. The first kappa shape index (κ1) is 31.9. The van der Waals surface area contributed by atoms with Gasteiger partial charge in [0.25, 0.3) is 0 Å². The van der Waals surface area contributed by atoms with Crippen LogP contribution in [0, 0.1) is 22.9 Å². The van der Waals surface area contributed by atoms with E-state index in [1.54, 1.807) is 24.3 Å². The monoisotopic (exact) mass is 620 g/mol. The molecule has 0 aliphatic carbocycles. The van der Waals surface area contributed by atoms with E-state index in [2.05, 4.69) is 15.4 Å². The van der Waals surface area contributed by atoms with Crippen LogP contribution in [0.1, 0.15) is 67.1 Å². The number of esters is 1. The molecule has 1 aliphatic heterocycles. The molecule has 3 aromatic rings. The lowest BCUT2D eigenvalue weighted by Crippen LogP contribution is -2.45. The predicted octanol–water partition coefficient (Wildman–Crippen LogP) is 7.33. The fourth-order valence-electron chi connectivity index (χ4n) is 5.95. The van der Waals surface area contributed by atoms with E-state index in [0.29, 0.717) is 12.0 Å². The highest BCUT2D eigenvalue weighted by Gasteiger charge is 2.57. The Morgan fingerprint density at radius 2 is 1.74 bits per heavy atom. The van der Waals surface area contributed by atoms with Crippen molar-refractivity contribution in [2.45, 2.75) is 64.1 Å². The molecular weight excluding hydrogens is 588 g/mol. The molecule has 1 fully saturated rings. The van der Waals surface area contributed by atoms with E-state index in [9.17, 15) is 14.0 Å². The van der Waals surface area contributed by atoms with Gasteiger partial charge >= 0.3 is 5.97 Å². The maximum atomic E-state index is 15.7. The molecule has 224 valence electrons. The zero-order valence-electron chi connectivity index (χ0n) is 24.0. The first-order valence-electron chi connectivity index (χ1n) is 13.5. The van der Waals surface area contributed by atoms with Gasteiger partial charge in [-0.25, -0.2) is 18.0 Å². The second kappa shape index (κ2) is 12.3. The Hall–Kier alpha value is -3.07. The van der Waals surface area contributed by atoms with Crippen molar-refractivity contribution in [3.63, 3.8) is 0 Å². The highest BCUT2D eigenvalue weighted by molar-refractivity contribution is 6.31. The van der Waals surface area contributed by atoms with Gasteiger partial charge in [0.2, 0.25) is 5.91 Å².